The zero-order valence-electron chi connectivity index (χ0n) is 11.7. The average molecular weight is 283 g/mol. The molecule has 20 heavy (non-hydrogen) atoms. The molecule has 0 aromatic carbocycles. The highest BCUT2D eigenvalue weighted by Crippen LogP contribution is 2.27. The number of ether oxygens (including phenoxy) is 2. The Morgan fingerprint density at radius 1 is 1.40 bits per heavy atom. The van der Waals surface area contributed by atoms with Crippen LogP contribution in [0.15, 0.2) is 4.52 Å². The van der Waals surface area contributed by atoms with Crippen molar-refractivity contribution in [3.05, 3.63) is 11.7 Å². The molecule has 112 valence electrons. The standard InChI is InChI=1S/C13H21N3O4/c1-2-16-4-6-19-11(7-16)12-14-13(20-15-12)9-8-18-5-3-10(9)17/h9-11,17H,2-8H2,1H3. The molecule has 3 unspecified atom stereocenters. The van der Waals surface area contributed by atoms with Crippen molar-refractivity contribution in [1.82, 2.24) is 15.0 Å². The lowest BCUT2D eigenvalue weighted by molar-refractivity contribution is -0.0334. The summed E-state index contributed by atoms with van der Waals surface area (Å²) in [6, 6.07) is 0. The van der Waals surface area contributed by atoms with Crippen molar-refractivity contribution in [2.75, 3.05) is 39.5 Å². The van der Waals surface area contributed by atoms with Crippen LogP contribution >= 0.6 is 0 Å². The molecule has 2 saturated heterocycles. The molecular formula is C13H21N3O4. The molecule has 1 N–H and O–H groups in total. The van der Waals surface area contributed by atoms with E-state index in [4.69, 9.17) is 14.0 Å². The molecular weight excluding hydrogens is 262 g/mol. The average Bonchev–Trinajstić information content (AvgIpc) is 2.97. The Hall–Kier alpha value is -1.02. The highest BCUT2D eigenvalue weighted by atomic mass is 16.5. The van der Waals surface area contributed by atoms with Gasteiger partial charge in [-0.2, -0.15) is 4.98 Å². The first-order valence-electron chi connectivity index (χ1n) is 7.21. The molecule has 7 heteroatoms. The number of aromatic nitrogens is 2. The molecule has 3 heterocycles. The van der Waals surface area contributed by atoms with Crippen molar-refractivity contribution in [2.45, 2.75) is 31.5 Å². The highest BCUT2D eigenvalue weighted by molar-refractivity contribution is 5.01. The number of aliphatic hydroxyl groups is 1. The summed E-state index contributed by atoms with van der Waals surface area (Å²) in [6.45, 7) is 6.51. The lowest BCUT2D eigenvalue weighted by atomic mass is 9.99. The van der Waals surface area contributed by atoms with E-state index in [0.717, 1.165) is 19.6 Å². The zero-order valence-corrected chi connectivity index (χ0v) is 11.7. The quantitative estimate of drug-likeness (QED) is 0.856. The van der Waals surface area contributed by atoms with Crippen molar-refractivity contribution < 1.29 is 19.1 Å². The maximum Gasteiger partial charge on any atom is 0.234 e. The molecule has 0 amide bonds. The monoisotopic (exact) mass is 283 g/mol. The molecule has 0 spiro atoms. The number of aliphatic hydroxyl groups excluding tert-OH is 1. The molecule has 1 aromatic heterocycles. The number of hydrogen-bond donors (Lipinski definition) is 1. The van der Waals surface area contributed by atoms with Gasteiger partial charge in [-0.15, -0.1) is 0 Å². The van der Waals surface area contributed by atoms with Gasteiger partial charge in [-0.3, -0.25) is 4.90 Å². The summed E-state index contributed by atoms with van der Waals surface area (Å²) in [7, 11) is 0. The summed E-state index contributed by atoms with van der Waals surface area (Å²) in [6.07, 6.45) is -0.0225. The van der Waals surface area contributed by atoms with E-state index in [1.807, 2.05) is 0 Å². The van der Waals surface area contributed by atoms with Crippen LogP contribution in [-0.2, 0) is 9.47 Å². The summed E-state index contributed by atoms with van der Waals surface area (Å²) in [5.74, 6) is 0.788. The first-order valence-corrected chi connectivity index (χ1v) is 7.21. The topological polar surface area (TPSA) is 80.9 Å². The Balaban J connectivity index is 1.69. The van der Waals surface area contributed by atoms with E-state index in [1.165, 1.54) is 0 Å². The second-order valence-corrected chi connectivity index (χ2v) is 5.28. The number of likely N-dealkylation sites (N-methyl/N-ethyl adjacent to an activating group) is 1. The highest BCUT2D eigenvalue weighted by Gasteiger charge is 2.32. The maximum absolute atomic E-state index is 9.97. The van der Waals surface area contributed by atoms with Gasteiger partial charge in [-0.05, 0) is 13.0 Å². The van der Waals surface area contributed by atoms with Crippen LogP contribution in [0.2, 0.25) is 0 Å². The Morgan fingerprint density at radius 3 is 3.10 bits per heavy atom. The van der Waals surface area contributed by atoms with Gasteiger partial charge < -0.3 is 19.1 Å². The predicted octanol–water partition coefficient (Wildman–Crippen LogP) is 0.328. The third-order valence-corrected chi connectivity index (χ3v) is 3.98. The summed E-state index contributed by atoms with van der Waals surface area (Å²) >= 11 is 0. The van der Waals surface area contributed by atoms with Crippen LogP contribution < -0.4 is 0 Å². The first-order chi connectivity index (χ1) is 9.78. The molecule has 0 aliphatic carbocycles. The van der Waals surface area contributed by atoms with Crippen LogP contribution in [0.4, 0.5) is 0 Å². The van der Waals surface area contributed by atoms with Gasteiger partial charge in [0.05, 0.1) is 25.2 Å². The van der Waals surface area contributed by atoms with Crippen LogP contribution in [0, 0.1) is 0 Å². The van der Waals surface area contributed by atoms with Gasteiger partial charge in [-0.25, -0.2) is 0 Å². The summed E-state index contributed by atoms with van der Waals surface area (Å²) < 4.78 is 16.4. The van der Waals surface area contributed by atoms with E-state index >= 15 is 0 Å². The van der Waals surface area contributed by atoms with Crippen LogP contribution in [0.25, 0.3) is 0 Å². The van der Waals surface area contributed by atoms with Crippen LogP contribution in [0.1, 0.15) is 37.1 Å². The minimum atomic E-state index is -0.475. The van der Waals surface area contributed by atoms with E-state index in [-0.39, 0.29) is 12.0 Å². The van der Waals surface area contributed by atoms with Crippen molar-refractivity contribution in [3.8, 4) is 0 Å². The van der Waals surface area contributed by atoms with E-state index in [1.54, 1.807) is 0 Å². The van der Waals surface area contributed by atoms with Crippen LogP contribution in [0.5, 0.6) is 0 Å². The lowest BCUT2D eigenvalue weighted by Crippen LogP contribution is -2.38. The maximum atomic E-state index is 9.97. The van der Waals surface area contributed by atoms with E-state index in [0.29, 0.717) is 38.0 Å². The fraction of sp³-hybridized carbons (Fsp3) is 0.846. The number of morpholine rings is 1. The molecule has 0 bridgehead atoms. The smallest absolute Gasteiger partial charge is 0.234 e. The first kappa shape index (κ1) is 13.9. The molecule has 2 fully saturated rings. The van der Waals surface area contributed by atoms with E-state index < -0.39 is 6.10 Å². The molecule has 2 aliphatic heterocycles. The third-order valence-electron chi connectivity index (χ3n) is 3.98. The fourth-order valence-electron chi connectivity index (χ4n) is 2.64. The molecule has 0 radical (unpaired) electrons. The van der Waals surface area contributed by atoms with Gasteiger partial charge in [0.25, 0.3) is 0 Å². The minimum absolute atomic E-state index is 0.150. The summed E-state index contributed by atoms with van der Waals surface area (Å²) in [5, 5.41) is 14.0. The zero-order chi connectivity index (χ0) is 13.9. The van der Waals surface area contributed by atoms with Gasteiger partial charge in [0.1, 0.15) is 6.10 Å². The Bertz CT molecular complexity index is 439. The Labute approximate surface area is 117 Å². The number of nitrogens with zero attached hydrogens (tertiary/aromatic N) is 3. The van der Waals surface area contributed by atoms with Crippen molar-refractivity contribution in [1.29, 1.82) is 0 Å². The lowest BCUT2D eigenvalue weighted by Gasteiger charge is -2.30. The number of hydrogen-bond acceptors (Lipinski definition) is 7. The summed E-state index contributed by atoms with van der Waals surface area (Å²) in [4.78, 5) is 6.70. The molecule has 7 nitrogen and oxygen atoms in total. The van der Waals surface area contributed by atoms with Gasteiger partial charge in [0.2, 0.25) is 11.7 Å². The Kier molecular flexibility index (Phi) is 4.30. The van der Waals surface area contributed by atoms with Gasteiger partial charge >= 0.3 is 0 Å². The molecule has 1 aromatic rings. The van der Waals surface area contributed by atoms with Crippen molar-refractivity contribution in [3.63, 3.8) is 0 Å². The van der Waals surface area contributed by atoms with E-state index in [9.17, 15) is 5.11 Å². The predicted molar refractivity (Wildman–Crippen MR) is 69.3 cm³/mol. The van der Waals surface area contributed by atoms with Gasteiger partial charge in [-0.1, -0.05) is 12.1 Å². The van der Waals surface area contributed by atoms with E-state index in [2.05, 4.69) is 22.0 Å². The Morgan fingerprint density at radius 2 is 2.30 bits per heavy atom. The fourth-order valence-corrected chi connectivity index (χ4v) is 2.64. The van der Waals surface area contributed by atoms with Gasteiger partial charge in [0, 0.05) is 19.7 Å². The third kappa shape index (κ3) is 2.85. The van der Waals surface area contributed by atoms with Crippen molar-refractivity contribution >= 4 is 0 Å². The second kappa shape index (κ2) is 6.17. The van der Waals surface area contributed by atoms with Crippen molar-refractivity contribution in [2.24, 2.45) is 0 Å². The molecule has 3 atom stereocenters. The summed E-state index contributed by atoms with van der Waals surface area (Å²) in [5.41, 5.74) is 0. The van der Waals surface area contributed by atoms with Gasteiger partial charge in [0.15, 0.2) is 0 Å². The van der Waals surface area contributed by atoms with Crippen LogP contribution in [-0.4, -0.2) is 65.7 Å². The largest absolute Gasteiger partial charge is 0.392 e. The minimum Gasteiger partial charge on any atom is -0.392 e. The number of rotatable bonds is 3. The molecule has 2 aliphatic rings. The second-order valence-electron chi connectivity index (χ2n) is 5.28. The SMILES string of the molecule is CCN1CCOC(c2noc(C3COCCC3O)n2)C1. The van der Waals surface area contributed by atoms with Crippen LogP contribution in [0.3, 0.4) is 0 Å². The molecule has 0 saturated carbocycles. The molecule has 3 rings (SSSR count). The normalized spacial score (nSPS) is 32.4.